The topological polar surface area (TPSA) is 61.0 Å². The van der Waals surface area contributed by atoms with E-state index in [0.717, 1.165) is 22.7 Å². The second-order valence-corrected chi connectivity index (χ2v) is 5.35. The summed E-state index contributed by atoms with van der Waals surface area (Å²) in [7, 11) is 0. The molecular weight excluding hydrogens is 238 g/mol. The van der Waals surface area contributed by atoms with Gasteiger partial charge >= 0.3 is 0 Å². The molecule has 0 spiro atoms. The minimum absolute atomic E-state index is 0.190. The Morgan fingerprint density at radius 3 is 2.16 bits per heavy atom. The number of benzene rings is 1. The van der Waals surface area contributed by atoms with Gasteiger partial charge in [0.2, 0.25) is 0 Å². The molecule has 0 fully saturated rings. The van der Waals surface area contributed by atoms with Gasteiger partial charge in [0.1, 0.15) is 11.4 Å². The van der Waals surface area contributed by atoms with Gasteiger partial charge in [-0.05, 0) is 57.2 Å². The average molecular weight is 257 g/mol. The molecule has 4 heteroatoms. The Bertz CT molecular complexity index is 527. The number of nitrogens with two attached hydrogens (primary N) is 1. The maximum Gasteiger partial charge on any atom is 0.120 e. The average Bonchev–Trinajstić information content (AvgIpc) is 2.38. The molecule has 2 N–H and O–H groups in total. The van der Waals surface area contributed by atoms with E-state index in [-0.39, 0.29) is 5.60 Å². The van der Waals surface area contributed by atoms with Gasteiger partial charge in [-0.25, -0.2) is 0 Å². The molecule has 0 atom stereocenters. The summed E-state index contributed by atoms with van der Waals surface area (Å²) in [6.07, 6.45) is 0. The van der Waals surface area contributed by atoms with E-state index in [1.165, 1.54) is 0 Å². The molecular formula is C15H19N3O. The van der Waals surface area contributed by atoms with E-state index in [0.29, 0.717) is 6.54 Å². The van der Waals surface area contributed by atoms with Crippen molar-refractivity contribution in [2.75, 3.05) is 0 Å². The van der Waals surface area contributed by atoms with Gasteiger partial charge in [-0.1, -0.05) is 0 Å². The van der Waals surface area contributed by atoms with Crippen LogP contribution in [0.4, 0.5) is 0 Å². The second kappa shape index (κ2) is 5.36. The highest BCUT2D eigenvalue weighted by atomic mass is 16.5. The molecule has 0 unspecified atom stereocenters. The third-order valence-corrected chi connectivity index (χ3v) is 2.50. The summed E-state index contributed by atoms with van der Waals surface area (Å²) in [6.45, 7) is 6.49. The second-order valence-electron chi connectivity index (χ2n) is 5.35. The fraction of sp³-hybridized carbons (Fsp3) is 0.333. The van der Waals surface area contributed by atoms with E-state index in [2.05, 4.69) is 10.2 Å². The van der Waals surface area contributed by atoms with Gasteiger partial charge in [0.05, 0.1) is 11.4 Å². The van der Waals surface area contributed by atoms with Gasteiger partial charge in [-0.15, -0.1) is 0 Å². The van der Waals surface area contributed by atoms with Crippen LogP contribution in [-0.2, 0) is 6.54 Å². The van der Waals surface area contributed by atoms with Crippen molar-refractivity contribution in [3.8, 4) is 17.0 Å². The SMILES string of the molecule is CC(C)(C)Oc1ccc(-c2ccc(CN)nn2)cc1. The molecule has 0 saturated heterocycles. The number of nitrogens with zero attached hydrogens (tertiary/aromatic N) is 2. The van der Waals surface area contributed by atoms with Crippen molar-refractivity contribution >= 4 is 0 Å². The fourth-order valence-electron chi connectivity index (χ4n) is 1.67. The molecule has 0 bridgehead atoms. The van der Waals surface area contributed by atoms with Crippen LogP contribution in [-0.4, -0.2) is 15.8 Å². The zero-order chi connectivity index (χ0) is 13.9. The van der Waals surface area contributed by atoms with Gasteiger partial charge in [0, 0.05) is 12.1 Å². The monoisotopic (exact) mass is 257 g/mol. The quantitative estimate of drug-likeness (QED) is 0.918. The highest BCUT2D eigenvalue weighted by Crippen LogP contribution is 2.23. The van der Waals surface area contributed by atoms with E-state index in [1.54, 1.807) is 0 Å². The van der Waals surface area contributed by atoms with Crippen LogP contribution in [0.5, 0.6) is 5.75 Å². The Morgan fingerprint density at radius 2 is 1.68 bits per heavy atom. The Morgan fingerprint density at radius 1 is 1.00 bits per heavy atom. The number of aromatic nitrogens is 2. The van der Waals surface area contributed by atoms with Crippen LogP contribution in [0.3, 0.4) is 0 Å². The van der Waals surface area contributed by atoms with E-state index in [1.807, 2.05) is 57.2 Å². The largest absolute Gasteiger partial charge is 0.488 e. The van der Waals surface area contributed by atoms with Crippen molar-refractivity contribution in [3.05, 3.63) is 42.1 Å². The van der Waals surface area contributed by atoms with Gasteiger partial charge in [-0.3, -0.25) is 0 Å². The lowest BCUT2D eigenvalue weighted by molar-refractivity contribution is 0.131. The number of ether oxygens (including phenoxy) is 1. The minimum atomic E-state index is -0.190. The summed E-state index contributed by atoms with van der Waals surface area (Å²) in [5.74, 6) is 0.850. The zero-order valence-corrected chi connectivity index (χ0v) is 11.6. The molecule has 0 saturated carbocycles. The van der Waals surface area contributed by atoms with E-state index < -0.39 is 0 Å². The number of rotatable bonds is 3. The molecule has 1 heterocycles. The maximum atomic E-state index is 5.78. The highest BCUT2D eigenvalue weighted by Gasteiger charge is 2.11. The van der Waals surface area contributed by atoms with Crippen LogP contribution in [0.25, 0.3) is 11.3 Å². The first kappa shape index (κ1) is 13.5. The van der Waals surface area contributed by atoms with Crippen molar-refractivity contribution in [3.63, 3.8) is 0 Å². The van der Waals surface area contributed by atoms with Crippen LogP contribution in [0.1, 0.15) is 26.5 Å². The van der Waals surface area contributed by atoms with Crippen LogP contribution < -0.4 is 10.5 Å². The molecule has 2 aromatic rings. The first-order chi connectivity index (χ1) is 8.98. The summed E-state index contributed by atoms with van der Waals surface area (Å²) in [5.41, 5.74) is 7.94. The Balaban J connectivity index is 2.17. The van der Waals surface area contributed by atoms with Crippen molar-refractivity contribution < 1.29 is 4.74 Å². The summed E-state index contributed by atoms with van der Waals surface area (Å²) < 4.78 is 5.78. The predicted octanol–water partition coefficient (Wildman–Crippen LogP) is 2.78. The first-order valence-corrected chi connectivity index (χ1v) is 6.30. The molecule has 1 aromatic carbocycles. The van der Waals surface area contributed by atoms with E-state index in [9.17, 15) is 0 Å². The zero-order valence-electron chi connectivity index (χ0n) is 11.6. The predicted molar refractivity (Wildman–Crippen MR) is 75.7 cm³/mol. The molecule has 4 nitrogen and oxygen atoms in total. The van der Waals surface area contributed by atoms with Crippen LogP contribution in [0.15, 0.2) is 36.4 Å². The minimum Gasteiger partial charge on any atom is -0.488 e. The first-order valence-electron chi connectivity index (χ1n) is 6.30. The van der Waals surface area contributed by atoms with Crippen molar-refractivity contribution in [1.29, 1.82) is 0 Å². The molecule has 1 aromatic heterocycles. The Kier molecular flexibility index (Phi) is 3.81. The van der Waals surface area contributed by atoms with Gasteiger partial charge in [-0.2, -0.15) is 10.2 Å². The molecule has 0 aliphatic rings. The smallest absolute Gasteiger partial charge is 0.120 e. The molecule has 0 radical (unpaired) electrons. The lowest BCUT2D eigenvalue weighted by atomic mass is 10.1. The van der Waals surface area contributed by atoms with Crippen LogP contribution in [0.2, 0.25) is 0 Å². The van der Waals surface area contributed by atoms with Crippen LogP contribution >= 0.6 is 0 Å². The van der Waals surface area contributed by atoms with Crippen molar-refractivity contribution in [2.24, 2.45) is 5.73 Å². The van der Waals surface area contributed by atoms with Crippen molar-refractivity contribution in [2.45, 2.75) is 32.9 Å². The molecule has 2 rings (SSSR count). The third kappa shape index (κ3) is 3.76. The lowest BCUT2D eigenvalue weighted by Gasteiger charge is -2.21. The third-order valence-electron chi connectivity index (χ3n) is 2.50. The Labute approximate surface area is 113 Å². The van der Waals surface area contributed by atoms with Gasteiger partial charge < -0.3 is 10.5 Å². The Hall–Kier alpha value is -1.94. The van der Waals surface area contributed by atoms with Crippen LogP contribution in [0, 0.1) is 0 Å². The summed E-state index contributed by atoms with van der Waals surface area (Å²) in [6, 6.07) is 11.7. The molecule has 100 valence electrons. The summed E-state index contributed by atoms with van der Waals surface area (Å²) in [5, 5.41) is 8.20. The van der Waals surface area contributed by atoms with E-state index >= 15 is 0 Å². The lowest BCUT2D eigenvalue weighted by Crippen LogP contribution is -2.22. The molecule has 0 aliphatic heterocycles. The number of hydrogen-bond donors (Lipinski definition) is 1. The normalized spacial score (nSPS) is 11.4. The maximum absolute atomic E-state index is 5.78. The standard InChI is InChI=1S/C15H19N3O/c1-15(2,3)19-13-7-4-11(5-8-13)14-9-6-12(10-16)17-18-14/h4-9H,10,16H2,1-3H3. The van der Waals surface area contributed by atoms with Gasteiger partial charge in [0.15, 0.2) is 0 Å². The number of hydrogen-bond acceptors (Lipinski definition) is 4. The summed E-state index contributed by atoms with van der Waals surface area (Å²) in [4.78, 5) is 0. The molecule has 19 heavy (non-hydrogen) atoms. The van der Waals surface area contributed by atoms with E-state index in [4.69, 9.17) is 10.5 Å². The fourth-order valence-corrected chi connectivity index (χ4v) is 1.67. The molecule has 0 aliphatic carbocycles. The molecule has 0 amide bonds. The summed E-state index contributed by atoms with van der Waals surface area (Å²) >= 11 is 0. The highest BCUT2D eigenvalue weighted by molar-refractivity contribution is 5.59. The van der Waals surface area contributed by atoms with Crippen molar-refractivity contribution in [1.82, 2.24) is 10.2 Å². The van der Waals surface area contributed by atoms with Gasteiger partial charge in [0.25, 0.3) is 0 Å².